The Morgan fingerprint density at radius 1 is 1.35 bits per heavy atom. The van der Waals surface area contributed by atoms with Crippen LogP contribution in [0.25, 0.3) is 11.1 Å². The zero-order valence-electron chi connectivity index (χ0n) is 9.81. The molecule has 4 nitrogen and oxygen atoms in total. The van der Waals surface area contributed by atoms with E-state index in [-0.39, 0.29) is 0 Å². The van der Waals surface area contributed by atoms with Gasteiger partial charge < -0.3 is 10.5 Å². The molecule has 3 rings (SSSR count). The van der Waals surface area contributed by atoms with E-state index < -0.39 is 0 Å². The minimum absolute atomic E-state index is 0.698. The average Bonchev–Trinajstić information content (AvgIpc) is 2.69. The van der Waals surface area contributed by atoms with Crippen molar-refractivity contribution in [2.24, 2.45) is 7.05 Å². The summed E-state index contributed by atoms with van der Waals surface area (Å²) in [7, 11) is 1.86. The van der Waals surface area contributed by atoms with E-state index in [1.807, 2.05) is 13.2 Å². The van der Waals surface area contributed by atoms with Gasteiger partial charge in [0.25, 0.3) is 0 Å². The van der Waals surface area contributed by atoms with Crippen LogP contribution in [0.1, 0.15) is 11.1 Å². The maximum atomic E-state index is 6.04. The molecule has 0 amide bonds. The van der Waals surface area contributed by atoms with E-state index in [2.05, 4.69) is 23.3 Å². The summed E-state index contributed by atoms with van der Waals surface area (Å²) in [6.45, 7) is 1.48. The number of anilines is 1. The zero-order chi connectivity index (χ0) is 11.8. The Bertz CT molecular complexity index is 560. The summed E-state index contributed by atoms with van der Waals surface area (Å²) in [5.74, 6) is 0.713. The topological polar surface area (TPSA) is 53.1 Å². The fraction of sp³-hybridized carbons (Fsp3) is 0.308. The van der Waals surface area contributed by atoms with Gasteiger partial charge >= 0.3 is 0 Å². The van der Waals surface area contributed by atoms with Crippen LogP contribution in [-0.4, -0.2) is 16.4 Å². The second kappa shape index (κ2) is 3.89. The van der Waals surface area contributed by atoms with Crippen LogP contribution < -0.4 is 5.73 Å². The molecule has 88 valence electrons. The van der Waals surface area contributed by atoms with E-state index in [4.69, 9.17) is 10.5 Å². The van der Waals surface area contributed by atoms with Crippen molar-refractivity contribution in [1.29, 1.82) is 0 Å². The van der Waals surface area contributed by atoms with Crippen LogP contribution in [0.15, 0.2) is 24.4 Å². The highest BCUT2D eigenvalue weighted by Crippen LogP contribution is 2.32. The molecule has 2 aromatic rings. The Morgan fingerprint density at radius 3 is 3.00 bits per heavy atom. The fourth-order valence-electron chi connectivity index (χ4n) is 2.33. The van der Waals surface area contributed by atoms with Crippen LogP contribution in [0, 0.1) is 0 Å². The number of hydrogen-bond acceptors (Lipinski definition) is 3. The fourth-order valence-corrected chi connectivity index (χ4v) is 2.33. The number of aromatic nitrogens is 2. The number of ether oxygens (including phenoxy) is 1. The quantitative estimate of drug-likeness (QED) is 0.810. The molecule has 4 heteroatoms. The number of nitrogens with two attached hydrogens (primary N) is 1. The Hall–Kier alpha value is -1.81. The smallest absolute Gasteiger partial charge is 0.129 e. The predicted molar refractivity (Wildman–Crippen MR) is 66.4 cm³/mol. The molecule has 0 atom stereocenters. The Balaban J connectivity index is 2.18. The second-order valence-electron chi connectivity index (χ2n) is 4.31. The van der Waals surface area contributed by atoms with Crippen LogP contribution >= 0.6 is 0 Å². The highest BCUT2D eigenvalue weighted by atomic mass is 16.5. The number of aryl methyl sites for hydroxylation is 1. The van der Waals surface area contributed by atoms with E-state index >= 15 is 0 Å². The molecule has 0 spiro atoms. The highest BCUT2D eigenvalue weighted by Gasteiger charge is 2.17. The van der Waals surface area contributed by atoms with Gasteiger partial charge in [-0.2, -0.15) is 5.10 Å². The average molecular weight is 229 g/mol. The SMILES string of the molecule is Cn1ncc(-c2cccc3c2CCOC3)c1N. The van der Waals surface area contributed by atoms with E-state index in [1.54, 1.807) is 4.68 Å². The standard InChI is InChI=1S/C13H15N3O/c1-16-13(14)12(7-15-16)11-4-2-3-9-8-17-6-5-10(9)11/h2-4,7H,5-6,8,14H2,1H3. The summed E-state index contributed by atoms with van der Waals surface area (Å²) in [5.41, 5.74) is 10.9. The monoisotopic (exact) mass is 229 g/mol. The van der Waals surface area contributed by atoms with Crippen molar-refractivity contribution >= 4 is 5.82 Å². The van der Waals surface area contributed by atoms with Crippen LogP contribution in [0.2, 0.25) is 0 Å². The van der Waals surface area contributed by atoms with Gasteiger partial charge in [-0.1, -0.05) is 18.2 Å². The Kier molecular flexibility index (Phi) is 2.37. The number of hydrogen-bond donors (Lipinski definition) is 1. The molecule has 2 heterocycles. The molecular formula is C13H15N3O. The number of rotatable bonds is 1. The maximum absolute atomic E-state index is 6.04. The summed E-state index contributed by atoms with van der Waals surface area (Å²) >= 11 is 0. The Labute approximate surface area is 100 Å². The minimum atomic E-state index is 0.698. The molecule has 0 unspecified atom stereocenters. The van der Waals surface area contributed by atoms with E-state index in [0.717, 1.165) is 18.6 Å². The van der Waals surface area contributed by atoms with Crippen molar-refractivity contribution in [3.63, 3.8) is 0 Å². The highest BCUT2D eigenvalue weighted by molar-refractivity contribution is 5.77. The minimum Gasteiger partial charge on any atom is -0.383 e. The van der Waals surface area contributed by atoms with Crippen molar-refractivity contribution in [1.82, 2.24) is 9.78 Å². The van der Waals surface area contributed by atoms with Gasteiger partial charge in [0.15, 0.2) is 0 Å². The molecule has 17 heavy (non-hydrogen) atoms. The molecule has 0 saturated carbocycles. The summed E-state index contributed by atoms with van der Waals surface area (Å²) < 4.78 is 7.17. The molecule has 1 aromatic carbocycles. The van der Waals surface area contributed by atoms with Crippen molar-refractivity contribution in [2.45, 2.75) is 13.0 Å². The third-order valence-corrected chi connectivity index (χ3v) is 3.30. The lowest BCUT2D eigenvalue weighted by molar-refractivity contribution is 0.111. The molecule has 1 aromatic heterocycles. The van der Waals surface area contributed by atoms with Gasteiger partial charge in [-0.3, -0.25) is 4.68 Å². The van der Waals surface area contributed by atoms with E-state index in [0.29, 0.717) is 12.4 Å². The van der Waals surface area contributed by atoms with Crippen molar-refractivity contribution in [3.8, 4) is 11.1 Å². The Morgan fingerprint density at radius 2 is 2.24 bits per heavy atom. The van der Waals surface area contributed by atoms with Gasteiger partial charge in [0, 0.05) is 12.6 Å². The lowest BCUT2D eigenvalue weighted by Crippen LogP contribution is -2.11. The molecule has 2 N–H and O–H groups in total. The lowest BCUT2D eigenvalue weighted by atomic mass is 9.94. The largest absolute Gasteiger partial charge is 0.383 e. The number of nitrogens with zero attached hydrogens (tertiary/aromatic N) is 2. The van der Waals surface area contributed by atoms with E-state index in [1.165, 1.54) is 16.7 Å². The molecule has 1 aliphatic heterocycles. The van der Waals surface area contributed by atoms with Gasteiger partial charge in [-0.05, 0) is 23.1 Å². The lowest BCUT2D eigenvalue weighted by Gasteiger charge is -2.19. The molecular weight excluding hydrogens is 214 g/mol. The summed E-state index contributed by atoms with van der Waals surface area (Å²) in [6, 6.07) is 6.28. The first-order valence-corrected chi connectivity index (χ1v) is 5.73. The first-order valence-electron chi connectivity index (χ1n) is 5.73. The van der Waals surface area contributed by atoms with Gasteiger partial charge in [0.2, 0.25) is 0 Å². The third-order valence-electron chi connectivity index (χ3n) is 3.30. The molecule has 0 fully saturated rings. The molecule has 0 bridgehead atoms. The predicted octanol–water partition coefficient (Wildman–Crippen LogP) is 1.74. The second-order valence-corrected chi connectivity index (χ2v) is 4.31. The zero-order valence-corrected chi connectivity index (χ0v) is 9.81. The number of benzene rings is 1. The summed E-state index contributed by atoms with van der Waals surface area (Å²) in [6.07, 6.45) is 2.78. The first-order chi connectivity index (χ1) is 8.27. The van der Waals surface area contributed by atoms with Gasteiger partial charge in [-0.25, -0.2) is 0 Å². The summed E-state index contributed by atoms with van der Waals surface area (Å²) in [5, 5.41) is 4.20. The number of nitrogen functional groups attached to an aromatic ring is 1. The first kappa shape index (κ1) is 10.4. The van der Waals surface area contributed by atoms with Crippen LogP contribution in [0.4, 0.5) is 5.82 Å². The van der Waals surface area contributed by atoms with Gasteiger partial charge in [0.05, 0.1) is 19.4 Å². The van der Waals surface area contributed by atoms with E-state index in [9.17, 15) is 0 Å². The van der Waals surface area contributed by atoms with Crippen molar-refractivity contribution in [2.75, 3.05) is 12.3 Å². The van der Waals surface area contributed by atoms with Crippen LogP contribution in [-0.2, 0) is 24.8 Å². The maximum Gasteiger partial charge on any atom is 0.129 e. The molecule has 0 aliphatic carbocycles. The molecule has 1 aliphatic rings. The number of fused-ring (bicyclic) bond motifs is 1. The normalized spacial score (nSPS) is 14.6. The van der Waals surface area contributed by atoms with Crippen molar-refractivity contribution in [3.05, 3.63) is 35.5 Å². The van der Waals surface area contributed by atoms with Gasteiger partial charge in [0.1, 0.15) is 5.82 Å². The van der Waals surface area contributed by atoms with Crippen molar-refractivity contribution < 1.29 is 4.74 Å². The van der Waals surface area contributed by atoms with Crippen LogP contribution in [0.3, 0.4) is 0 Å². The molecule has 0 saturated heterocycles. The van der Waals surface area contributed by atoms with Gasteiger partial charge in [-0.15, -0.1) is 0 Å². The summed E-state index contributed by atoms with van der Waals surface area (Å²) in [4.78, 5) is 0. The third kappa shape index (κ3) is 1.61. The van der Waals surface area contributed by atoms with Crippen LogP contribution in [0.5, 0.6) is 0 Å². The molecule has 0 radical (unpaired) electrons.